The van der Waals surface area contributed by atoms with E-state index in [1.54, 1.807) is 13.2 Å². The maximum atomic E-state index is 13.3. The van der Waals surface area contributed by atoms with Gasteiger partial charge in [0, 0.05) is 47.3 Å². The van der Waals surface area contributed by atoms with Crippen molar-refractivity contribution in [2.45, 2.75) is 25.3 Å². The minimum Gasteiger partial charge on any atom is -0.497 e. The van der Waals surface area contributed by atoms with E-state index in [0.717, 1.165) is 44.7 Å². The highest BCUT2D eigenvalue weighted by atomic mass is 19.4. The van der Waals surface area contributed by atoms with E-state index < -0.39 is 17.8 Å². The van der Waals surface area contributed by atoms with Crippen LogP contribution in [0.4, 0.5) is 13.2 Å². The summed E-state index contributed by atoms with van der Waals surface area (Å²) in [5.41, 5.74) is 10.6. The van der Waals surface area contributed by atoms with Gasteiger partial charge in [-0.1, -0.05) is 36.4 Å². The number of ether oxygens (including phenoxy) is 1. The molecule has 7 heteroatoms. The average molecular weight is 490 g/mol. The van der Waals surface area contributed by atoms with Crippen molar-refractivity contribution in [3.05, 3.63) is 114 Å². The molecule has 1 unspecified atom stereocenters. The lowest BCUT2D eigenvalue weighted by Crippen LogP contribution is -2.11. The zero-order valence-corrected chi connectivity index (χ0v) is 19.8. The lowest BCUT2D eigenvalue weighted by Gasteiger charge is -2.11. The molecule has 0 radical (unpaired) electrons. The SMILES string of the molecule is C=CCn1cc(C(N)c2cn(Cc3cccc(C(F)(F)F)c3)c3ccccc23)c2cc(OC)ccc21. The summed E-state index contributed by atoms with van der Waals surface area (Å²) in [5, 5.41) is 1.95. The second kappa shape index (κ2) is 9.24. The van der Waals surface area contributed by atoms with Crippen LogP contribution in [0.2, 0.25) is 0 Å². The Morgan fingerprint density at radius 2 is 1.64 bits per heavy atom. The molecule has 2 aromatic heterocycles. The van der Waals surface area contributed by atoms with Crippen molar-refractivity contribution in [3.8, 4) is 5.75 Å². The van der Waals surface area contributed by atoms with Gasteiger partial charge in [-0.25, -0.2) is 0 Å². The van der Waals surface area contributed by atoms with Crippen molar-refractivity contribution < 1.29 is 17.9 Å². The molecule has 0 bridgehead atoms. The number of hydrogen-bond acceptors (Lipinski definition) is 2. The molecule has 0 aliphatic rings. The Morgan fingerprint density at radius 3 is 2.39 bits per heavy atom. The number of hydrogen-bond donors (Lipinski definition) is 1. The summed E-state index contributed by atoms with van der Waals surface area (Å²) in [7, 11) is 1.63. The summed E-state index contributed by atoms with van der Waals surface area (Å²) >= 11 is 0. The maximum Gasteiger partial charge on any atom is 0.416 e. The van der Waals surface area contributed by atoms with E-state index in [9.17, 15) is 13.2 Å². The van der Waals surface area contributed by atoms with Crippen LogP contribution in [-0.4, -0.2) is 16.2 Å². The van der Waals surface area contributed by atoms with Gasteiger partial charge in [0.05, 0.1) is 18.7 Å². The number of nitrogens with two attached hydrogens (primary N) is 1. The van der Waals surface area contributed by atoms with E-state index in [1.165, 1.54) is 12.1 Å². The van der Waals surface area contributed by atoms with Crippen LogP contribution in [0, 0.1) is 0 Å². The number of aromatic nitrogens is 2. The Labute approximate surface area is 207 Å². The number of rotatable bonds is 7. The molecule has 2 N–H and O–H groups in total. The van der Waals surface area contributed by atoms with Gasteiger partial charge in [-0.05, 0) is 53.1 Å². The molecule has 0 fully saturated rings. The minimum atomic E-state index is -4.39. The second-order valence-corrected chi connectivity index (χ2v) is 8.81. The zero-order valence-electron chi connectivity index (χ0n) is 19.8. The number of allylic oxidation sites excluding steroid dienone is 1. The van der Waals surface area contributed by atoms with Crippen molar-refractivity contribution in [2.75, 3.05) is 7.11 Å². The van der Waals surface area contributed by atoms with E-state index in [4.69, 9.17) is 10.5 Å². The topological polar surface area (TPSA) is 45.1 Å². The van der Waals surface area contributed by atoms with Crippen LogP contribution in [0.5, 0.6) is 5.75 Å². The average Bonchev–Trinajstić information content (AvgIpc) is 3.42. The van der Waals surface area contributed by atoms with E-state index in [2.05, 4.69) is 11.1 Å². The first kappa shape index (κ1) is 23.8. The van der Waals surface area contributed by atoms with Crippen molar-refractivity contribution in [1.29, 1.82) is 0 Å². The summed E-state index contributed by atoms with van der Waals surface area (Å²) < 4.78 is 49.3. The molecule has 0 aliphatic carbocycles. The van der Waals surface area contributed by atoms with E-state index >= 15 is 0 Å². The molecule has 0 spiro atoms. The highest BCUT2D eigenvalue weighted by Crippen LogP contribution is 2.36. The first-order valence-corrected chi connectivity index (χ1v) is 11.6. The van der Waals surface area contributed by atoms with Gasteiger partial charge < -0.3 is 19.6 Å². The maximum absolute atomic E-state index is 13.3. The van der Waals surface area contributed by atoms with Gasteiger partial charge in [-0.2, -0.15) is 13.2 Å². The molecular weight excluding hydrogens is 463 g/mol. The largest absolute Gasteiger partial charge is 0.497 e. The summed E-state index contributed by atoms with van der Waals surface area (Å²) in [6, 6.07) is 18.7. The van der Waals surface area contributed by atoms with Gasteiger partial charge in [0.2, 0.25) is 0 Å². The third kappa shape index (κ3) is 4.27. The van der Waals surface area contributed by atoms with Crippen LogP contribution in [-0.2, 0) is 19.3 Å². The summed E-state index contributed by atoms with van der Waals surface area (Å²) in [4.78, 5) is 0. The predicted molar refractivity (Wildman–Crippen MR) is 137 cm³/mol. The third-order valence-electron chi connectivity index (χ3n) is 6.54. The number of benzene rings is 3. The Bertz CT molecular complexity index is 1560. The smallest absolute Gasteiger partial charge is 0.416 e. The van der Waals surface area contributed by atoms with Gasteiger partial charge in [0.1, 0.15) is 5.75 Å². The Balaban J connectivity index is 1.61. The van der Waals surface area contributed by atoms with Crippen LogP contribution in [0.1, 0.15) is 28.3 Å². The Kier molecular flexibility index (Phi) is 6.10. The lowest BCUT2D eigenvalue weighted by molar-refractivity contribution is -0.137. The fraction of sp³-hybridized carbons (Fsp3) is 0.172. The first-order valence-electron chi connectivity index (χ1n) is 11.6. The monoisotopic (exact) mass is 489 g/mol. The molecule has 0 aliphatic heterocycles. The number of fused-ring (bicyclic) bond motifs is 2. The highest BCUT2D eigenvalue weighted by molar-refractivity contribution is 5.89. The molecule has 0 amide bonds. The van der Waals surface area contributed by atoms with Crippen LogP contribution in [0.25, 0.3) is 21.8 Å². The standard InChI is InChI=1S/C29H26F3N3O/c1-3-13-34-17-25(23-15-21(36-2)11-12-27(23)34)28(33)24-18-35(26-10-5-4-9-22(24)26)16-19-7-6-8-20(14-19)29(30,31)32/h3-12,14-15,17-18,28H,1,13,16,33H2,2H3. The number of alkyl halides is 3. The van der Waals surface area contributed by atoms with Crippen LogP contribution in [0.3, 0.4) is 0 Å². The van der Waals surface area contributed by atoms with E-state index in [-0.39, 0.29) is 0 Å². The summed E-state index contributed by atoms with van der Waals surface area (Å²) in [6.07, 6.45) is 1.44. The quantitative estimate of drug-likeness (QED) is 0.253. The number of halogens is 3. The zero-order chi connectivity index (χ0) is 25.4. The van der Waals surface area contributed by atoms with Crippen molar-refractivity contribution in [3.63, 3.8) is 0 Å². The summed E-state index contributed by atoms with van der Waals surface area (Å²) in [6.45, 7) is 4.79. The normalized spacial score (nSPS) is 12.8. The first-order chi connectivity index (χ1) is 17.3. The molecule has 2 heterocycles. The van der Waals surface area contributed by atoms with Crippen molar-refractivity contribution >= 4 is 21.8 Å². The molecule has 5 aromatic rings. The van der Waals surface area contributed by atoms with Gasteiger partial charge in [0.15, 0.2) is 0 Å². The molecule has 0 saturated carbocycles. The molecule has 0 saturated heterocycles. The minimum absolute atomic E-state index is 0.295. The molecule has 5 rings (SSSR count). The molecule has 1 atom stereocenters. The fourth-order valence-electron chi connectivity index (χ4n) is 4.83. The van der Waals surface area contributed by atoms with Crippen LogP contribution < -0.4 is 10.5 Å². The molecule has 3 aromatic carbocycles. The number of para-hydroxylation sites is 1. The van der Waals surface area contributed by atoms with Crippen LogP contribution in [0.15, 0.2) is 91.8 Å². The number of methoxy groups -OCH3 is 1. The van der Waals surface area contributed by atoms with Crippen molar-refractivity contribution in [2.24, 2.45) is 5.73 Å². The van der Waals surface area contributed by atoms with Gasteiger partial charge in [-0.3, -0.25) is 0 Å². The van der Waals surface area contributed by atoms with E-state index in [0.29, 0.717) is 18.7 Å². The molecule has 36 heavy (non-hydrogen) atoms. The van der Waals surface area contributed by atoms with Gasteiger partial charge in [-0.15, -0.1) is 6.58 Å². The third-order valence-corrected chi connectivity index (χ3v) is 6.54. The fourth-order valence-corrected chi connectivity index (χ4v) is 4.83. The molecular formula is C29H26F3N3O. The molecule has 4 nitrogen and oxygen atoms in total. The van der Waals surface area contributed by atoms with Crippen molar-refractivity contribution in [1.82, 2.24) is 9.13 Å². The van der Waals surface area contributed by atoms with E-state index in [1.807, 2.05) is 65.5 Å². The Morgan fingerprint density at radius 1 is 0.917 bits per heavy atom. The Hall–Kier alpha value is -3.97. The second-order valence-electron chi connectivity index (χ2n) is 8.81. The van der Waals surface area contributed by atoms with Gasteiger partial charge in [0.25, 0.3) is 0 Å². The van der Waals surface area contributed by atoms with Crippen LogP contribution >= 0.6 is 0 Å². The number of nitrogens with zero attached hydrogens (tertiary/aromatic N) is 2. The molecule has 184 valence electrons. The van der Waals surface area contributed by atoms with Gasteiger partial charge >= 0.3 is 6.18 Å². The summed E-state index contributed by atoms with van der Waals surface area (Å²) in [5.74, 6) is 0.735. The lowest BCUT2D eigenvalue weighted by atomic mass is 9.98. The predicted octanol–water partition coefficient (Wildman–Crippen LogP) is 6.91. The highest BCUT2D eigenvalue weighted by Gasteiger charge is 2.30.